The van der Waals surface area contributed by atoms with Crippen molar-refractivity contribution in [1.82, 2.24) is 30.0 Å². The van der Waals surface area contributed by atoms with Crippen molar-refractivity contribution in [3.05, 3.63) is 54.2 Å². The predicted molar refractivity (Wildman–Crippen MR) is 95.7 cm³/mol. The number of imidazole rings is 1. The Morgan fingerprint density at radius 3 is 3.04 bits per heavy atom. The van der Waals surface area contributed by atoms with Crippen molar-refractivity contribution >= 4 is 11.7 Å². The van der Waals surface area contributed by atoms with Crippen LogP contribution in [-0.2, 0) is 0 Å². The minimum absolute atomic E-state index is 0.274. The molecule has 0 aliphatic carbocycles. The third kappa shape index (κ3) is 1.77. The maximum Gasteiger partial charge on any atom is 0.162 e. The highest BCUT2D eigenvalue weighted by molar-refractivity contribution is 6.15. The van der Waals surface area contributed by atoms with Gasteiger partial charge in [-0.1, -0.05) is 12.1 Å². The molecule has 9 nitrogen and oxygen atoms in total. The molecule has 0 amide bonds. The lowest BCUT2D eigenvalue weighted by Crippen LogP contribution is -2.52. The molecule has 1 atom stereocenters. The van der Waals surface area contributed by atoms with Gasteiger partial charge < -0.3 is 5.32 Å². The molecule has 3 aromatic rings. The van der Waals surface area contributed by atoms with E-state index in [9.17, 15) is 0 Å². The summed E-state index contributed by atoms with van der Waals surface area (Å²) >= 11 is 0. The fourth-order valence-electron chi connectivity index (χ4n) is 4.03. The Labute approximate surface area is 149 Å². The molecule has 26 heavy (non-hydrogen) atoms. The van der Waals surface area contributed by atoms with E-state index in [-0.39, 0.29) is 6.04 Å². The monoisotopic (exact) mass is 347 g/mol. The van der Waals surface area contributed by atoms with Crippen molar-refractivity contribution in [2.24, 2.45) is 4.99 Å². The molecular formula is C17H17N9. The van der Waals surface area contributed by atoms with Gasteiger partial charge in [-0.15, -0.1) is 9.89 Å². The molecule has 1 saturated heterocycles. The number of hydrogen-bond donors (Lipinski definition) is 1. The molecular weight excluding hydrogens is 330 g/mol. The second-order valence-electron chi connectivity index (χ2n) is 6.64. The number of aromatic nitrogens is 5. The van der Waals surface area contributed by atoms with Gasteiger partial charge in [-0.3, -0.25) is 4.57 Å². The summed E-state index contributed by atoms with van der Waals surface area (Å²) in [6.07, 6.45) is 7.80. The van der Waals surface area contributed by atoms with Crippen LogP contribution in [0.4, 0.5) is 5.82 Å². The first-order valence-corrected chi connectivity index (χ1v) is 8.80. The van der Waals surface area contributed by atoms with E-state index in [2.05, 4.69) is 42.3 Å². The van der Waals surface area contributed by atoms with E-state index >= 15 is 0 Å². The molecule has 1 unspecified atom stereocenters. The van der Waals surface area contributed by atoms with E-state index in [1.807, 2.05) is 40.8 Å². The molecule has 1 aromatic carbocycles. The summed E-state index contributed by atoms with van der Waals surface area (Å²) in [6, 6.07) is 8.53. The van der Waals surface area contributed by atoms with Gasteiger partial charge in [-0.05, 0) is 36.7 Å². The van der Waals surface area contributed by atoms with Gasteiger partial charge in [0.1, 0.15) is 12.0 Å². The van der Waals surface area contributed by atoms with E-state index in [1.54, 1.807) is 0 Å². The van der Waals surface area contributed by atoms with Gasteiger partial charge in [0.15, 0.2) is 18.3 Å². The Hall–Kier alpha value is -3.20. The topological polar surface area (TPSA) is 79.4 Å². The van der Waals surface area contributed by atoms with E-state index in [0.717, 1.165) is 41.6 Å². The number of amidine groups is 1. The van der Waals surface area contributed by atoms with Gasteiger partial charge in [0.25, 0.3) is 0 Å². The number of aliphatic imine (C=N–C) groups is 1. The molecule has 1 fully saturated rings. The van der Waals surface area contributed by atoms with E-state index in [0.29, 0.717) is 6.67 Å². The Kier molecular flexibility index (Phi) is 2.78. The van der Waals surface area contributed by atoms with Crippen LogP contribution in [0.25, 0.3) is 5.69 Å². The first kappa shape index (κ1) is 14.0. The van der Waals surface area contributed by atoms with Gasteiger partial charge in [0.05, 0.1) is 24.1 Å². The number of rotatable bonds is 2. The number of hydrazine groups is 1. The van der Waals surface area contributed by atoms with Crippen LogP contribution in [0.2, 0.25) is 0 Å². The first-order valence-electron chi connectivity index (χ1n) is 8.80. The molecule has 0 bridgehead atoms. The number of fused-ring (bicyclic) bond motifs is 6. The van der Waals surface area contributed by atoms with Crippen molar-refractivity contribution in [3.63, 3.8) is 0 Å². The molecule has 5 heterocycles. The second kappa shape index (κ2) is 5.15. The Bertz CT molecular complexity index is 1010. The highest BCUT2D eigenvalue weighted by Gasteiger charge is 2.38. The van der Waals surface area contributed by atoms with Crippen molar-refractivity contribution in [1.29, 1.82) is 0 Å². The number of anilines is 1. The lowest BCUT2D eigenvalue weighted by Gasteiger charge is -2.35. The molecule has 9 heteroatoms. The Morgan fingerprint density at radius 2 is 2.12 bits per heavy atom. The lowest BCUT2D eigenvalue weighted by atomic mass is 10.1. The number of nitrogens with one attached hydrogen (secondary N) is 1. The molecule has 0 spiro atoms. The summed E-state index contributed by atoms with van der Waals surface area (Å²) in [5.74, 6) is 1.86. The summed E-state index contributed by atoms with van der Waals surface area (Å²) in [5.41, 5.74) is 3.23. The second-order valence-corrected chi connectivity index (χ2v) is 6.64. The van der Waals surface area contributed by atoms with Gasteiger partial charge in [0.2, 0.25) is 0 Å². The number of benzene rings is 1. The van der Waals surface area contributed by atoms with Crippen LogP contribution in [0, 0.1) is 0 Å². The van der Waals surface area contributed by atoms with Gasteiger partial charge in [-0.2, -0.15) is 10.1 Å². The number of para-hydroxylation sites is 1. The Morgan fingerprint density at radius 1 is 1.15 bits per heavy atom. The standard InChI is InChI=1S/C17H17N9/c1-2-6-14-12(4-1)17-20-11-24(25(17)16-9-18-10-23(14)16)26-15(8-21-22-26)13-5-3-7-19-13/h1-2,4,6,8-10,13,19H,3,5,7,11H2. The molecule has 1 N–H and O–H groups in total. The SMILES string of the molecule is c1ccc2c(c1)C1=NCN(n3nncc3C3CCCN3)N1c1cncn1-2. The highest BCUT2D eigenvalue weighted by Crippen LogP contribution is 2.34. The van der Waals surface area contributed by atoms with Gasteiger partial charge in [0, 0.05) is 5.56 Å². The van der Waals surface area contributed by atoms with E-state index in [1.165, 1.54) is 6.42 Å². The summed E-state index contributed by atoms with van der Waals surface area (Å²) in [7, 11) is 0. The highest BCUT2D eigenvalue weighted by atomic mass is 15.9. The lowest BCUT2D eigenvalue weighted by molar-refractivity contribution is 0.488. The largest absolute Gasteiger partial charge is 0.309 e. The average molecular weight is 347 g/mol. The minimum Gasteiger partial charge on any atom is -0.309 e. The van der Waals surface area contributed by atoms with Crippen LogP contribution in [0.15, 0.2) is 48.0 Å². The fraction of sp³-hybridized carbons (Fsp3) is 0.294. The molecule has 6 rings (SSSR count). The predicted octanol–water partition coefficient (Wildman–Crippen LogP) is 0.979. The van der Waals surface area contributed by atoms with Gasteiger partial charge in [-0.25, -0.2) is 9.98 Å². The molecule has 2 aromatic heterocycles. The van der Waals surface area contributed by atoms with Crippen LogP contribution in [-0.4, -0.2) is 43.7 Å². The van der Waals surface area contributed by atoms with Crippen LogP contribution in [0.3, 0.4) is 0 Å². The summed E-state index contributed by atoms with van der Waals surface area (Å²) in [5, 5.41) is 16.1. The smallest absolute Gasteiger partial charge is 0.162 e. The zero-order chi connectivity index (χ0) is 17.1. The van der Waals surface area contributed by atoms with Crippen molar-refractivity contribution in [2.75, 3.05) is 23.3 Å². The Balaban J connectivity index is 1.48. The quantitative estimate of drug-likeness (QED) is 0.744. The van der Waals surface area contributed by atoms with Crippen LogP contribution >= 0.6 is 0 Å². The molecule has 3 aliphatic rings. The fourth-order valence-corrected chi connectivity index (χ4v) is 4.03. The van der Waals surface area contributed by atoms with Crippen LogP contribution < -0.4 is 15.4 Å². The van der Waals surface area contributed by atoms with Crippen LogP contribution in [0.1, 0.15) is 30.1 Å². The summed E-state index contributed by atoms with van der Waals surface area (Å²) < 4.78 is 2.08. The molecule has 0 saturated carbocycles. The van der Waals surface area contributed by atoms with E-state index in [4.69, 9.17) is 4.99 Å². The van der Waals surface area contributed by atoms with Crippen molar-refractivity contribution in [3.8, 4) is 5.69 Å². The van der Waals surface area contributed by atoms with E-state index < -0.39 is 0 Å². The molecule has 3 aliphatic heterocycles. The number of nitrogens with zero attached hydrogens (tertiary/aromatic N) is 8. The third-order valence-electron chi connectivity index (χ3n) is 5.21. The first-order chi connectivity index (χ1) is 12.9. The van der Waals surface area contributed by atoms with Crippen molar-refractivity contribution in [2.45, 2.75) is 18.9 Å². The molecule has 0 radical (unpaired) electrons. The van der Waals surface area contributed by atoms with Crippen LogP contribution in [0.5, 0.6) is 0 Å². The zero-order valence-electron chi connectivity index (χ0n) is 14.0. The maximum absolute atomic E-state index is 4.80. The minimum atomic E-state index is 0.274. The van der Waals surface area contributed by atoms with Gasteiger partial charge >= 0.3 is 0 Å². The van der Waals surface area contributed by atoms with Crippen molar-refractivity contribution < 1.29 is 0 Å². The maximum atomic E-state index is 4.80. The summed E-state index contributed by atoms with van der Waals surface area (Å²) in [4.78, 5) is 11.0. The average Bonchev–Trinajstić information content (AvgIpc) is 3.47. The normalized spacial score (nSPS) is 20.8. The zero-order valence-corrected chi connectivity index (χ0v) is 14.0. The number of hydrogen-bond acceptors (Lipinski definition) is 7. The third-order valence-corrected chi connectivity index (χ3v) is 5.21. The summed E-state index contributed by atoms with van der Waals surface area (Å²) in [6.45, 7) is 1.51. The molecule has 130 valence electrons.